The van der Waals surface area contributed by atoms with Crippen molar-refractivity contribution < 1.29 is 19.6 Å². The van der Waals surface area contributed by atoms with Crippen LogP contribution in [0.1, 0.15) is 17.3 Å². The number of carboxylic acid groups (broad SMARTS) is 1. The van der Waals surface area contributed by atoms with E-state index < -0.39 is 10.9 Å². The molecule has 0 radical (unpaired) electrons. The van der Waals surface area contributed by atoms with E-state index in [1.165, 1.54) is 12.1 Å². The van der Waals surface area contributed by atoms with Crippen LogP contribution in [0.2, 0.25) is 0 Å². The standard InChI is InChI=1S/C12H14N2O5/c1-8-7-19-5-4-13(8)9-2-3-10(12(15)16)11(6-9)14(17)18/h2-3,6,8H,4-5,7H2,1H3,(H,15,16). The van der Waals surface area contributed by atoms with E-state index in [0.29, 0.717) is 25.4 Å². The van der Waals surface area contributed by atoms with Crippen LogP contribution in [0.25, 0.3) is 0 Å². The molecule has 1 fully saturated rings. The van der Waals surface area contributed by atoms with Crippen molar-refractivity contribution in [3.63, 3.8) is 0 Å². The van der Waals surface area contributed by atoms with Crippen molar-refractivity contribution in [3.05, 3.63) is 33.9 Å². The minimum Gasteiger partial charge on any atom is -0.477 e. The predicted molar refractivity (Wildman–Crippen MR) is 67.7 cm³/mol. The van der Waals surface area contributed by atoms with Gasteiger partial charge in [0.05, 0.1) is 18.1 Å². The highest BCUT2D eigenvalue weighted by molar-refractivity contribution is 5.93. The molecule has 7 heteroatoms. The number of benzene rings is 1. The van der Waals surface area contributed by atoms with Crippen molar-refractivity contribution in [1.82, 2.24) is 0 Å². The second kappa shape index (κ2) is 5.23. The Balaban J connectivity index is 2.40. The van der Waals surface area contributed by atoms with Gasteiger partial charge in [-0.3, -0.25) is 10.1 Å². The van der Waals surface area contributed by atoms with Crippen molar-refractivity contribution >= 4 is 17.3 Å². The third kappa shape index (κ3) is 2.65. The van der Waals surface area contributed by atoms with E-state index in [1.807, 2.05) is 11.8 Å². The van der Waals surface area contributed by atoms with Crippen molar-refractivity contribution in [2.24, 2.45) is 0 Å². The number of hydrogen-bond acceptors (Lipinski definition) is 5. The highest BCUT2D eigenvalue weighted by Gasteiger charge is 2.24. The van der Waals surface area contributed by atoms with Crippen LogP contribution in [0.3, 0.4) is 0 Å². The minimum absolute atomic E-state index is 0.101. The first kappa shape index (κ1) is 13.3. The van der Waals surface area contributed by atoms with E-state index in [1.54, 1.807) is 6.07 Å². The number of carbonyl (C=O) groups is 1. The van der Waals surface area contributed by atoms with Gasteiger partial charge in [0.2, 0.25) is 0 Å². The highest BCUT2D eigenvalue weighted by Crippen LogP contribution is 2.27. The van der Waals surface area contributed by atoms with Crippen LogP contribution in [0.5, 0.6) is 0 Å². The SMILES string of the molecule is CC1COCCN1c1ccc(C(=O)O)c([N+](=O)[O-])c1. The fourth-order valence-electron chi connectivity index (χ4n) is 2.14. The van der Waals surface area contributed by atoms with Crippen LogP contribution >= 0.6 is 0 Å². The van der Waals surface area contributed by atoms with Gasteiger partial charge in [-0.2, -0.15) is 0 Å². The summed E-state index contributed by atoms with van der Waals surface area (Å²) in [4.78, 5) is 23.2. The van der Waals surface area contributed by atoms with Gasteiger partial charge in [0.25, 0.3) is 5.69 Å². The molecule has 1 aromatic carbocycles. The largest absolute Gasteiger partial charge is 0.477 e. The lowest BCUT2D eigenvalue weighted by molar-refractivity contribution is -0.385. The molecule has 1 aliphatic rings. The molecule has 0 bridgehead atoms. The monoisotopic (exact) mass is 266 g/mol. The number of ether oxygens (including phenoxy) is 1. The van der Waals surface area contributed by atoms with E-state index in [-0.39, 0.29) is 17.3 Å². The third-order valence-corrected chi connectivity index (χ3v) is 3.11. The lowest BCUT2D eigenvalue weighted by atomic mass is 10.1. The summed E-state index contributed by atoms with van der Waals surface area (Å²) in [7, 11) is 0. The summed E-state index contributed by atoms with van der Waals surface area (Å²) in [5, 5.41) is 19.9. The molecule has 1 atom stereocenters. The quantitative estimate of drug-likeness (QED) is 0.658. The maximum atomic E-state index is 10.9. The second-order valence-corrected chi connectivity index (χ2v) is 4.38. The smallest absolute Gasteiger partial charge is 0.342 e. The van der Waals surface area contributed by atoms with Crippen molar-refractivity contribution in [3.8, 4) is 0 Å². The van der Waals surface area contributed by atoms with E-state index in [2.05, 4.69) is 0 Å². The summed E-state index contributed by atoms with van der Waals surface area (Å²) in [5.74, 6) is -1.30. The van der Waals surface area contributed by atoms with E-state index >= 15 is 0 Å². The van der Waals surface area contributed by atoms with Crippen molar-refractivity contribution in [2.75, 3.05) is 24.7 Å². The summed E-state index contributed by atoms with van der Waals surface area (Å²) >= 11 is 0. The number of carboxylic acids is 1. The molecule has 0 saturated carbocycles. The Kier molecular flexibility index (Phi) is 3.66. The molecule has 7 nitrogen and oxygen atoms in total. The van der Waals surface area contributed by atoms with Gasteiger partial charge in [0, 0.05) is 24.3 Å². The number of nitro benzene ring substituents is 1. The summed E-state index contributed by atoms with van der Waals surface area (Å²) in [6.07, 6.45) is 0. The Morgan fingerprint density at radius 2 is 2.32 bits per heavy atom. The second-order valence-electron chi connectivity index (χ2n) is 4.38. The van der Waals surface area contributed by atoms with Gasteiger partial charge >= 0.3 is 5.97 Å². The molecule has 0 amide bonds. The number of aromatic carboxylic acids is 1. The first-order valence-corrected chi connectivity index (χ1v) is 5.87. The first-order chi connectivity index (χ1) is 9.00. The Bertz CT molecular complexity index is 517. The van der Waals surface area contributed by atoms with Crippen molar-refractivity contribution in [1.29, 1.82) is 0 Å². The molecule has 1 unspecified atom stereocenters. The van der Waals surface area contributed by atoms with Crippen LogP contribution in [0.15, 0.2) is 18.2 Å². The molecule has 1 heterocycles. The normalized spacial score (nSPS) is 19.2. The Labute approximate surface area is 109 Å². The molecule has 1 aromatic rings. The molecule has 19 heavy (non-hydrogen) atoms. The van der Waals surface area contributed by atoms with Gasteiger partial charge in [-0.05, 0) is 19.1 Å². The summed E-state index contributed by atoms with van der Waals surface area (Å²) < 4.78 is 5.30. The molecule has 1 saturated heterocycles. The Morgan fingerprint density at radius 1 is 1.58 bits per heavy atom. The topological polar surface area (TPSA) is 92.9 Å². The van der Waals surface area contributed by atoms with Gasteiger partial charge in [0.1, 0.15) is 5.56 Å². The average Bonchev–Trinajstić information content (AvgIpc) is 2.38. The average molecular weight is 266 g/mol. The molecule has 102 valence electrons. The van der Waals surface area contributed by atoms with Crippen molar-refractivity contribution in [2.45, 2.75) is 13.0 Å². The number of rotatable bonds is 3. The Morgan fingerprint density at radius 3 is 2.89 bits per heavy atom. The van der Waals surface area contributed by atoms with Gasteiger partial charge in [-0.1, -0.05) is 0 Å². The van der Waals surface area contributed by atoms with Gasteiger partial charge in [-0.15, -0.1) is 0 Å². The predicted octanol–water partition coefficient (Wildman–Crippen LogP) is 1.52. The molecule has 2 rings (SSSR count). The fraction of sp³-hybridized carbons (Fsp3) is 0.417. The zero-order valence-electron chi connectivity index (χ0n) is 10.4. The fourth-order valence-corrected chi connectivity index (χ4v) is 2.14. The Hall–Kier alpha value is -2.15. The zero-order chi connectivity index (χ0) is 14.0. The van der Waals surface area contributed by atoms with Crippen LogP contribution in [0, 0.1) is 10.1 Å². The maximum Gasteiger partial charge on any atom is 0.342 e. The minimum atomic E-state index is -1.30. The molecule has 0 spiro atoms. The van der Waals surface area contributed by atoms with Crippen LogP contribution < -0.4 is 4.90 Å². The van der Waals surface area contributed by atoms with E-state index in [0.717, 1.165) is 0 Å². The van der Waals surface area contributed by atoms with Crippen LogP contribution in [-0.4, -0.2) is 41.8 Å². The summed E-state index contributed by atoms with van der Waals surface area (Å²) in [5.41, 5.74) is -0.0362. The molecular weight excluding hydrogens is 252 g/mol. The van der Waals surface area contributed by atoms with Gasteiger partial charge in [-0.25, -0.2) is 4.79 Å². The number of nitrogens with zero attached hydrogens (tertiary/aromatic N) is 2. The summed E-state index contributed by atoms with van der Waals surface area (Å²) in [6.45, 7) is 3.69. The molecule has 1 N–H and O–H groups in total. The molecule has 0 aliphatic carbocycles. The molecule has 0 aromatic heterocycles. The number of nitro groups is 1. The number of morpholine rings is 1. The third-order valence-electron chi connectivity index (χ3n) is 3.11. The highest BCUT2D eigenvalue weighted by atomic mass is 16.6. The lowest BCUT2D eigenvalue weighted by Crippen LogP contribution is -2.43. The zero-order valence-corrected chi connectivity index (χ0v) is 10.4. The lowest BCUT2D eigenvalue weighted by Gasteiger charge is -2.35. The molecule has 1 aliphatic heterocycles. The van der Waals surface area contributed by atoms with Gasteiger partial charge in [0.15, 0.2) is 0 Å². The van der Waals surface area contributed by atoms with Crippen LogP contribution in [-0.2, 0) is 4.74 Å². The van der Waals surface area contributed by atoms with E-state index in [4.69, 9.17) is 9.84 Å². The van der Waals surface area contributed by atoms with Crippen LogP contribution in [0.4, 0.5) is 11.4 Å². The maximum absolute atomic E-state index is 10.9. The van der Waals surface area contributed by atoms with E-state index in [9.17, 15) is 14.9 Å². The summed E-state index contributed by atoms with van der Waals surface area (Å²) in [6, 6.07) is 4.28. The number of anilines is 1. The van der Waals surface area contributed by atoms with Gasteiger partial charge < -0.3 is 14.7 Å². The first-order valence-electron chi connectivity index (χ1n) is 5.87. The molecular formula is C12H14N2O5. The number of hydrogen-bond donors (Lipinski definition) is 1.